The molecule has 94 valence electrons. The van der Waals surface area contributed by atoms with E-state index in [1.807, 2.05) is 0 Å². The summed E-state index contributed by atoms with van der Waals surface area (Å²) in [7, 11) is 0. The van der Waals surface area contributed by atoms with Crippen molar-refractivity contribution in [3.8, 4) is 0 Å². The first kappa shape index (κ1) is 12.3. The fraction of sp³-hybridized carbons (Fsp3) is 0.231. The summed E-state index contributed by atoms with van der Waals surface area (Å²) in [5.41, 5.74) is -0.677. The van der Waals surface area contributed by atoms with Crippen molar-refractivity contribution in [2.24, 2.45) is 0 Å². The molecule has 1 heterocycles. The molecule has 0 aliphatic heterocycles. The van der Waals surface area contributed by atoms with Crippen LogP contribution in [0, 0.1) is 5.82 Å². The number of para-hydroxylation sites is 1. The van der Waals surface area contributed by atoms with Gasteiger partial charge in [-0.1, -0.05) is 26.0 Å². The maximum atomic E-state index is 13.6. The van der Waals surface area contributed by atoms with Crippen molar-refractivity contribution in [1.29, 1.82) is 0 Å². The van der Waals surface area contributed by atoms with Crippen molar-refractivity contribution < 1.29 is 14.3 Å². The van der Waals surface area contributed by atoms with Crippen LogP contribution in [0.4, 0.5) is 4.39 Å². The summed E-state index contributed by atoms with van der Waals surface area (Å²) in [4.78, 5) is 25.2. The average Bonchev–Trinajstić information content (AvgIpc) is 2.28. The van der Waals surface area contributed by atoms with Crippen molar-refractivity contribution in [3.05, 3.63) is 45.5 Å². The number of carboxylic acids is 1. The van der Waals surface area contributed by atoms with Crippen LogP contribution in [0.2, 0.25) is 0 Å². The van der Waals surface area contributed by atoms with Gasteiger partial charge in [-0.25, -0.2) is 9.18 Å². The van der Waals surface area contributed by atoms with Crippen LogP contribution in [0.25, 0.3) is 10.9 Å². The minimum atomic E-state index is -1.30. The Morgan fingerprint density at radius 2 is 2.06 bits per heavy atom. The molecule has 1 aromatic heterocycles. The molecule has 0 radical (unpaired) electrons. The minimum Gasteiger partial charge on any atom is -0.477 e. The summed E-state index contributed by atoms with van der Waals surface area (Å²) >= 11 is 0. The Morgan fingerprint density at radius 3 is 2.61 bits per heavy atom. The predicted molar refractivity (Wildman–Crippen MR) is 65.6 cm³/mol. The van der Waals surface area contributed by atoms with Crippen molar-refractivity contribution >= 4 is 16.9 Å². The van der Waals surface area contributed by atoms with Crippen LogP contribution in [0.5, 0.6) is 0 Å². The standard InChI is InChI=1S/C13H12FNO3/c1-6(2)9-7-4-3-5-8(14)11(7)15-12(16)10(9)13(17)18/h3-6H,1-2H3,(H,15,16)(H,17,18). The predicted octanol–water partition coefficient (Wildman–Crippen LogP) is 2.49. The number of hydrogen-bond donors (Lipinski definition) is 2. The van der Waals surface area contributed by atoms with Gasteiger partial charge in [0, 0.05) is 5.39 Å². The molecule has 0 amide bonds. The average molecular weight is 249 g/mol. The fourth-order valence-corrected chi connectivity index (χ4v) is 2.12. The second-order valence-electron chi connectivity index (χ2n) is 4.37. The molecule has 2 rings (SSSR count). The number of pyridine rings is 1. The van der Waals surface area contributed by atoms with Gasteiger partial charge in [-0.3, -0.25) is 4.79 Å². The van der Waals surface area contributed by atoms with Gasteiger partial charge in [0.05, 0.1) is 5.52 Å². The Bertz CT molecular complexity index is 688. The molecule has 0 atom stereocenters. The maximum Gasteiger partial charge on any atom is 0.341 e. The van der Waals surface area contributed by atoms with Crippen LogP contribution >= 0.6 is 0 Å². The van der Waals surface area contributed by atoms with E-state index >= 15 is 0 Å². The number of benzene rings is 1. The molecule has 2 aromatic rings. The molecule has 2 N–H and O–H groups in total. The van der Waals surface area contributed by atoms with Crippen LogP contribution in [0.3, 0.4) is 0 Å². The van der Waals surface area contributed by atoms with Gasteiger partial charge in [0.1, 0.15) is 11.4 Å². The van der Waals surface area contributed by atoms with Gasteiger partial charge in [0.25, 0.3) is 5.56 Å². The Kier molecular flexibility index (Phi) is 2.90. The number of aromatic nitrogens is 1. The zero-order valence-corrected chi connectivity index (χ0v) is 9.95. The smallest absolute Gasteiger partial charge is 0.341 e. The van der Waals surface area contributed by atoms with Gasteiger partial charge >= 0.3 is 5.97 Å². The first-order valence-electron chi connectivity index (χ1n) is 5.51. The second kappa shape index (κ2) is 4.25. The third-order valence-corrected chi connectivity index (χ3v) is 2.83. The lowest BCUT2D eigenvalue weighted by atomic mass is 9.94. The van der Waals surface area contributed by atoms with Crippen LogP contribution in [0.15, 0.2) is 23.0 Å². The first-order chi connectivity index (χ1) is 8.43. The lowest BCUT2D eigenvalue weighted by Crippen LogP contribution is -2.21. The highest BCUT2D eigenvalue weighted by Crippen LogP contribution is 2.27. The molecule has 0 fully saturated rings. The lowest BCUT2D eigenvalue weighted by Gasteiger charge is -2.13. The Balaban J connectivity index is 3.04. The van der Waals surface area contributed by atoms with E-state index in [9.17, 15) is 14.0 Å². The number of aromatic amines is 1. The monoisotopic (exact) mass is 249 g/mol. The van der Waals surface area contributed by atoms with E-state index in [1.54, 1.807) is 19.9 Å². The summed E-state index contributed by atoms with van der Waals surface area (Å²) in [6.07, 6.45) is 0. The normalized spacial score (nSPS) is 11.1. The number of fused-ring (bicyclic) bond motifs is 1. The molecule has 0 spiro atoms. The number of nitrogens with one attached hydrogen (secondary N) is 1. The fourth-order valence-electron chi connectivity index (χ4n) is 2.12. The Hall–Kier alpha value is -2.17. The highest BCUT2D eigenvalue weighted by atomic mass is 19.1. The van der Waals surface area contributed by atoms with E-state index in [-0.39, 0.29) is 17.0 Å². The van der Waals surface area contributed by atoms with Gasteiger partial charge in [0.15, 0.2) is 0 Å². The van der Waals surface area contributed by atoms with Crippen molar-refractivity contribution in [1.82, 2.24) is 4.98 Å². The maximum absolute atomic E-state index is 13.6. The molecule has 0 bridgehead atoms. The van der Waals surface area contributed by atoms with Crippen LogP contribution < -0.4 is 5.56 Å². The van der Waals surface area contributed by atoms with Crippen LogP contribution in [-0.4, -0.2) is 16.1 Å². The third-order valence-electron chi connectivity index (χ3n) is 2.83. The van der Waals surface area contributed by atoms with Gasteiger partial charge in [0.2, 0.25) is 0 Å². The van der Waals surface area contributed by atoms with Crippen LogP contribution in [0.1, 0.15) is 35.7 Å². The molecular formula is C13H12FNO3. The highest BCUT2D eigenvalue weighted by molar-refractivity contribution is 5.96. The minimum absolute atomic E-state index is 0.0520. The second-order valence-corrected chi connectivity index (χ2v) is 4.37. The van der Waals surface area contributed by atoms with E-state index in [2.05, 4.69) is 4.98 Å². The first-order valence-corrected chi connectivity index (χ1v) is 5.51. The number of rotatable bonds is 2. The molecule has 0 saturated heterocycles. The molecule has 0 unspecified atom stereocenters. The topological polar surface area (TPSA) is 70.2 Å². The summed E-state index contributed by atoms with van der Waals surface area (Å²) < 4.78 is 13.6. The van der Waals surface area contributed by atoms with Gasteiger partial charge in [-0.15, -0.1) is 0 Å². The lowest BCUT2D eigenvalue weighted by molar-refractivity contribution is 0.0693. The zero-order valence-electron chi connectivity index (χ0n) is 9.95. The number of hydrogen-bond acceptors (Lipinski definition) is 2. The largest absolute Gasteiger partial charge is 0.477 e. The quantitative estimate of drug-likeness (QED) is 0.859. The van der Waals surface area contributed by atoms with Crippen molar-refractivity contribution in [2.45, 2.75) is 19.8 Å². The van der Waals surface area contributed by atoms with Gasteiger partial charge < -0.3 is 10.1 Å². The van der Waals surface area contributed by atoms with E-state index in [1.165, 1.54) is 12.1 Å². The van der Waals surface area contributed by atoms with E-state index in [0.717, 1.165) is 0 Å². The van der Waals surface area contributed by atoms with Crippen LogP contribution in [-0.2, 0) is 0 Å². The van der Waals surface area contributed by atoms with Crippen molar-refractivity contribution in [3.63, 3.8) is 0 Å². The summed E-state index contributed by atoms with van der Waals surface area (Å²) in [5, 5.41) is 9.54. The number of halogens is 1. The number of carbonyl (C=O) groups is 1. The highest BCUT2D eigenvalue weighted by Gasteiger charge is 2.21. The zero-order chi connectivity index (χ0) is 13.4. The molecule has 0 aliphatic rings. The summed E-state index contributed by atoms with van der Waals surface area (Å²) in [6, 6.07) is 4.33. The number of carboxylic acid groups (broad SMARTS) is 1. The SMILES string of the molecule is CC(C)c1c(C(=O)O)c(=O)[nH]c2c(F)cccc12. The number of aromatic carboxylic acids is 1. The van der Waals surface area contributed by atoms with Gasteiger partial charge in [-0.05, 0) is 17.5 Å². The summed E-state index contributed by atoms with van der Waals surface area (Å²) in [6.45, 7) is 3.54. The molecule has 1 aromatic carbocycles. The third kappa shape index (κ3) is 1.77. The van der Waals surface area contributed by atoms with E-state index in [0.29, 0.717) is 10.9 Å². The Morgan fingerprint density at radius 1 is 1.39 bits per heavy atom. The molecular weight excluding hydrogens is 237 g/mol. The molecule has 4 nitrogen and oxygen atoms in total. The molecule has 5 heteroatoms. The molecule has 0 saturated carbocycles. The van der Waals surface area contributed by atoms with Crippen molar-refractivity contribution in [2.75, 3.05) is 0 Å². The Labute approximate surface area is 102 Å². The number of H-pyrrole nitrogens is 1. The molecule has 18 heavy (non-hydrogen) atoms. The van der Waals surface area contributed by atoms with Gasteiger partial charge in [-0.2, -0.15) is 0 Å². The van der Waals surface area contributed by atoms with E-state index in [4.69, 9.17) is 5.11 Å². The van der Waals surface area contributed by atoms with E-state index < -0.39 is 17.3 Å². The summed E-state index contributed by atoms with van der Waals surface area (Å²) in [5.74, 6) is -2.06. The molecule has 0 aliphatic carbocycles.